The van der Waals surface area contributed by atoms with Crippen molar-refractivity contribution in [2.24, 2.45) is 0 Å². The van der Waals surface area contributed by atoms with E-state index >= 15 is 0 Å². The zero-order valence-corrected chi connectivity index (χ0v) is 11.4. The molecule has 0 N–H and O–H groups in total. The number of nitrogens with zero attached hydrogens (tertiary/aromatic N) is 2. The number of carbonyl (C=O) groups is 1. The Morgan fingerprint density at radius 3 is 2.67 bits per heavy atom. The highest BCUT2D eigenvalue weighted by molar-refractivity contribution is 5.97. The number of rotatable bonds is 3. The molecule has 1 aromatic heterocycles. The van der Waals surface area contributed by atoms with Gasteiger partial charge in [-0.2, -0.15) is 0 Å². The van der Waals surface area contributed by atoms with Gasteiger partial charge in [-0.1, -0.05) is 48.5 Å². The fourth-order valence-electron chi connectivity index (χ4n) is 3.07. The van der Waals surface area contributed by atoms with Gasteiger partial charge in [-0.25, -0.2) is 4.98 Å². The molecule has 0 saturated carbocycles. The van der Waals surface area contributed by atoms with Crippen LogP contribution in [-0.2, 0) is 0 Å². The van der Waals surface area contributed by atoms with E-state index in [0.29, 0.717) is 6.42 Å². The maximum atomic E-state index is 12.5. The lowest BCUT2D eigenvalue weighted by molar-refractivity contribution is 0.0978. The number of carbonyl (C=O) groups excluding carboxylic acids is 1. The summed E-state index contributed by atoms with van der Waals surface area (Å²) < 4.78 is 2.08. The molecule has 0 spiro atoms. The van der Waals surface area contributed by atoms with Gasteiger partial charge in [0, 0.05) is 24.1 Å². The minimum atomic E-state index is 0.0939. The maximum absolute atomic E-state index is 12.5. The van der Waals surface area contributed by atoms with E-state index in [0.717, 1.165) is 16.9 Å². The number of hydrogen-bond acceptors (Lipinski definition) is 2. The highest BCUT2D eigenvalue weighted by atomic mass is 16.1. The van der Waals surface area contributed by atoms with Crippen molar-refractivity contribution in [3.8, 4) is 5.69 Å². The molecule has 0 saturated heterocycles. The van der Waals surface area contributed by atoms with Crippen LogP contribution >= 0.6 is 0 Å². The van der Waals surface area contributed by atoms with Crippen molar-refractivity contribution in [2.75, 3.05) is 0 Å². The van der Waals surface area contributed by atoms with Crippen LogP contribution in [0.4, 0.5) is 0 Å². The molecule has 1 atom stereocenters. The van der Waals surface area contributed by atoms with Gasteiger partial charge in [0.05, 0.1) is 17.7 Å². The number of para-hydroxylation sites is 1. The van der Waals surface area contributed by atoms with Gasteiger partial charge in [0.2, 0.25) is 0 Å². The zero-order chi connectivity index (χ0) is 14.2. The summed E-state index contributed by atoms with van der Waals surface area (Å²) in [7, 11) is 0. The largest absolute Gasteiger partial charge is 0.302 e. The summed E-state index contributed by atoms with van der Waals surface area (Å²) in [4.78, 5) is 16.7. The first-order valence-corrected chi connectivity index (χ1v) is 7.04. The highest BCUT2D eigenvalue weighted by Gasteiger charge is 2.30. The lowest BCUT2D eigenvalue weighted by atomic mass is 9.91. The monoisotopic (exact) mass is 274 g/mol. The summed E-state index contributed by atoms with van der Waals surface area (Å²) in [5.41, 5.74) is 4.21. The number of Topliss-reactive ketones (excluding diaryl/α,β-unsaturated/α-hetero) is 1. The van der Waals surface area contributed by atoms with E-state index in [2.05, 4.69) is 21.7 Å². The van der Waals surface area contributed by atoms with Gasteiger partial charge in [0.1, 0.15) is 0 Å². The smallest absolute Gasteiger partial charge is 0.163 e. The summed E-state index contributed by atoms with van der Waals surface area (Å²) in [6.07, 6.45) is 4.16. The average molecular weight is 274 g/mol. The van der Waals surface area contributed by atoms with Crippen molar-refractivity contribution in [3.05, 3.63) is 83.9 Å². The van der Waals surface area contributed by atoms with Crippen LogP contribution in [0.1, 0.15) is 34.0 Å². The molecule has 1 aliphatic rings. The van der Waals surface area contributed by atoms with Crippen molar-refractivity contribution >= 4 is 5.78 Å². The van der Waals surface area contributed by atoms with Crippen LogP contribution in [0, 0.1) is 0 Å². The predicted molar refractivity (Wildman–Crippen MR) is 80.8 cm³/mol. The second-order valence-corrected chi connectivity index (χ2v) is 5.29. The van der Waals surface area contributed by atoms with E-state index in [-0.39, 0.29) is 11.7 Å². The molecule has 0 radical (unpaired) electrons. The highest BCUT2D eigenvalue weighted by Crippen LogP contribution is 2.39. The van der Waals surface area contributed by atoms with Crippen molar-refractivity contribution in [1.82, 2.24) is 9.55 Å². The zero-order valence-electron chi connectivity index (χ0n) is 11.4. The van der Waals surface area contributed by atoms with Crippen LogP contribution < -0.4 is 0 Å². The molecule has 3 nitrogen and oxygen atoms in total. The normalized spacial score (nSPS) is 15.5. The number of aromatic nitrogens is 2. The Kier molecular flexibility index (Phi) is 2.71. The van der Waals surface area contributed by atoms with Crippen molar-refractivity contribution < 1.29 is 4.79 Å². The summed E-state index contributed by atoms with van der Waals surface area (Å²) >= 11 is 0. The third kappa shape index (κ3) is 1.89. The number of benzene rings is 2. The predicted octanol–water partition coefficient (Wildman–Crippen LogP) is 3.59. The van der Waals surface area contributed by atoms with Gasteiger partial charge in [-0.15, -0.1) is 0 Å². The first kappa shape index (κ1) is 12.1. The molecule has 1 unspecified atom stereocenters. The Labute approximate surface area is 122 Å². The van der Waals surface area contributed by atoms with Crippen molar-refractivity contribution in [2.45, 2.75) is 12.3 Å². The fourth-order valence-corrected chi connectivity index (χ4v) is 3.07. The fraction of sp³-hybridized carbons (Fsp3) is 0.111. The van der Waals surface area contributed by atoms with Crippen LogP contribution in [0.5, 0.6) is 0 Å². The van der Waals surface area contributed by atoms with Gasteiger partial charge in [0.15, 0.2) is 5.78 Å². The first-order valence-electron chi connectivity index (χ1n) is 7.04. The van der Waals surface area contributed by atoms with Crippen molar-refractivity contribution in [3.63, 3.8) is 0 Å². The Hall–Kier alpha value is -2.68. The van der Waals surface area contributed by atoms with E-state index in [9.17, 15) is 4.79 Å². The Bertz CT molecular complexity index is 805. The quantitative estimate of drug-likeness (QED) is 0.684. The van der Waals surface area contributed by atoms with Gasteiger partial charge in [-0.3, -0.25) is 4.79 Å². The molecular formula is C18H14N2O. The minimum Gasteiger partial charge on any atom is -0.302 e. The van der Waals surface area contributed by atoms with Crippen LogP contribution in [-0.4, -0.2) is 15.3 Å². The van der Waals surface area contributed by atoms with Crippen LogP contribution in [0.3, 0.4) is 0 Å². The van der Waals surface area contributed by atoms with Crippen LogP contribution in [0.25, 0.3) is 5.69 Å². The SMILES string of the molecule is O=C(CC1c2ccccc2-n2cncc21)c1ccccc1. The molecule has 0 bridgehead atoms. The van der Waals surface area contributed by atoms with E-state index < -0.39 is 0 Å². The number of hydrogen-bond donors (Lipinski definition) is 0. The lowest BCUT2D eigenvalue weighted by Crippen LogP contribution is -2.07. The van der Waals surface area contributed by atoms with Gasteiger partial charge < -0.3 is 4.57 Å². The summed E-state index contributed by atoms with van der Waals surface area (Å²) in [6, 6.07) is 17.7. The Morgan fingerprint density at radius 2 is 1.81 bits per heavy atom. The average Bonchev–Trinajstić information content (AvgIpc) is 3.11. The number of ketones is 1. The summed E-state index contributed by atoms with van der Waals surface area (Å²) in [5, 5.41) is 0. The second-order valence-electron chi connectivity index (χ2n) is 5.29. The lowest BCUT2D eigenvalue weighted by Gasteiger charge is -2.10. The van der Waals surface area contributed by atoms with Gasteiger partial charge >= 0.3 is 0 Å². The first-order chi connectivity index (χ1) is 10.3. The standard InChI is InChI=1S/C18H14N2O/c21-18(13-6-2-1-3-7-13)10-15-14-8-4-5-9-16(14)20-12-19-11-17(15)20/h1-9,11-12,15H,10H2. The number of imidazole rings is 1. The molecule has 1 aliphatic heterocycles. The molecule has 21 heavy (non-hydrogen) atoms. The molecule has 0 amide bonds. The molecule has 0 aliphatic carbocycles. The third-order valence-electron chi connectivity index (χ3n) is 4.08. The summed E-state index contributed by atoms with van der Waals surface area (Å²) in [6.45, 7) is 0. The van der Waals surface area contributed by atoms with Crippen LogP contribution in [0.2, 0.25) is 0 Å². The molecule has 2 aromatic carbocycles. The molecule has 0 fully saturated rings. The maximum Gasteiger partial charge on any atom is 0.163 e. The third-order valence-corrected chi connectivity index (χ3v) is 4.08. The van der Waals surface area contributed by atoms with Gasteiger partial charge in [-0.05, 0) is 11.6 Å². The number of fused-ring (bicyclic) bond motifs is 3. The molecule has 2 heterocycles. The minimum absolute atomic E-state index is 0.0939. The van der Waals surface area contributed by atoms with Gasteiger partial charge in [0.25, 0.3) is 0 Å². The van der Waals surface area contributed by atoms with E-state index in [1.807, 2.05) is 55.0 Å². The second kappa shape index (κ2) is 4.70. The topological polar surface area (TPSA) is 34.9 Å². The molecule has 3 aromatic rings. The van der Waals surface area contributed by atoms with E-state index in [4.69, 9.17) is 0 Å². The molecule has 3 heteroatoms. The molecular weight excluding hydrogens is 260 g/mol. The van der Waals surface area contributed by atoms with Crippen LogP contribution in [0.15, 0.2) is 67.1 Å². The van der Waals surface area contributed by atoms with E-state index in [1.54, 1.807) is 0 Å². The Morgan fingerprint density at radius 1 is 1.05 bits per heavy atom. The summed E-state index contributed by atoms with van der Waals surface area (Å²) in [5.74, 6) is 0.265. The molecule has 4 rings (SSSR count). The Balaban J connectivity index is 1.72. The van der Waals surface area contributed by atoms with E-state index in [1.165, 1.54) is 5.56 Å². The molecule has 102 valence electrons. The van der Waals surface area contributed by atoms with Crippen molar-refractivity contribution in [1.29, 1.82) is 0 Å².